The Labute approximate surface area is 149 Å². The van der Waals surface area contributed by atoms with E-state index in [0.717, 1.165) is 5.69 Å². The molecule has 134 valence electrons. The minimum atomic E-state index is -3.57. The average Bonchev–Trinajstić information content (AvgIpc) is 2.63. The van der Waals surface area contributed by atoms with Crippen LogP contribution in [0.5, 0.6) is 0 Å². The summed E-state index contributed by atoms with van der Waals surface area (Å²) in [6.07, 6.45) is 0.707. The molecule has 25 heavy (non-hydrogen) atoms. The molecule has 0 saturated carbocycles. The number of sulfonamides is 1. The number of nitrogens with zero attached hydrogens (tertiary/aromatic N) is 1. The summed E-state index contributed by atoms with van der Waals surface area (Å²) in [6, 6.07) is 15.3. The third-order valence-electron chi connectivity index (χ3n) is 4.01. The van der Waals surface area contributed by atoms with Gasteiger partial charge < -0.3 is 4.90 Å². The van der Waals surface area contributed by atoms with Gasteiger partial charge in [-0.3, -0.25) is 4.79 Å². The average molecular weight is 360 g/mol. The molecule has 1 N–H and O–H groups in total. The van der Waals surface area contributed by atoms with Crippen LogP contribution in [0.15, 0.2) is 59.5 Å². The number of nitrogens with one attached hydrogen (secondary N) is 1. The predicted molar refractivity (Wildman–Crippen MR) is 100 cm³/mol. The number of carbonyl (C=O) groups is 1. The van der Waals surface area contributed by atoms with Crippen molar-refractivity contribution < 1.29 is 13.2 Å². The summed E-state index contributed by atoms with van der Waals surface area (Å²) in [5.74, 6) is -0.160. The van der Waals surface area contributed by atoms with Crippen molar-refractivity contribution in [2.24, 2.45) is 0 Å². The lowest BCUT2D eigenvalue weighted by Gasteiger charge is -2.21. The van der Waals surface area contributed by atoms with E-state index in [1.807, 2.05) is 51.1 Å². The molecule has 1 unspecified atom stereocenters. The maximum Gasteiger partial charge on any atom is 0.258 e. The van der Waals surface area contributed by atoms with Gasteiger partial charge in [-0.05, 0) is 56.7 Å². The number of benzene rings is 2. The minimum absolute atomic E-state index is 0.139. The second-order valence-electron chi connectivity index (χ2n) is 5.84. The molecule has 0 aliphatic heterocycles. The van der Waals surface area contributed by atoms with Crippen LogP contribution in [0.3, 0.4) is 0 Å². The van der Waals surface area contributed by atoms with E-state index >= 15 is 0 Å². The van der Waals surface area contributed by atoms with Gasteiger partial charge in [0.1, 0.15) is 0 Å². The lowest BCUT2D eigenvalue weighted by molar-refractivity contribution is 0.0988. The third kappa shape index (κ3) is 4.67. The van der Waals surface area contributed by atoms with Gasteiger partial charge in [0.2, 0.25) is 10.0 Å². The third-order valence-corrected chi connectivity index (χ3v) is 5.61. The first-order valence-corrected chi connectivity index (χ1v) is 9.86. The van der Waals surface area contributed by atoms with E-state index in [0.29, 0.717) is 18.5 Å². The summed E-state index contributed by atoms with van der Waals surface area (Å²) in [5.41, 5.74) is 1.26. The fourth-order valence-corrected chi connectivity index (χ4v) is 3.73. The van der Waals surface area contributed by atoms with Crippen molar-refractivity contribution in [1.29, 1.82) is 0 Å². The van der Waals surface area contributed by atoms with Gasteiger partial charge >= 0.3 is 0 Å². The monoisotopic (exact) mass is 360 g/mol. The van der Waals surface area contributed by atoms with Gasteiger partial charge in [-0.15, -0.1) is 0 Å². The van der Waals surface area contributed by atoms with E-state index in [1.54, 1.807) is 17.0 Å². The minimum Gasteiger partial charge on any atom is -0.309 e. The van der Waals surface area contributed by atoms with Crippen LogP contribution >= 0.6 is 0 Å². The molecule has 0 aliphatic carbocycles. The molecule has 1 amide bonds. The Morgan fingerprint density at radius 3 is 2.16 bits per heavy atom. The Kier molecular flexibility index (Phi) is 6.33. The molecule has 2 rings (SSSR count). The maximum absolute atomic E-state index is 12.7. The molecule has 0 aliphatic rings. The fraction of sp³-hybridized carbons (Fsp3) is 0.316. The molecular weight excluding hydrogens is 336 g/mol. The van der Waals surface area contributed by atoms with Gasteiger partial charge in [-0.25, -0.2) is 13.1 Å². The number of hydrogen-bond acceptors (Lipinski definition) is 3. The van der Waals surface area contributed by atoms with Crippen molar-refractivity contribution >= 4 is 21.6 Å². The van der Waals surface area contributed by atoms with Crippen LogP contribution in [0.4, 0.5) is 5.69 Å². The molecule has 1 atom stereocenters. The van der Waals surface area contributed by atoms with E-state index in [9.17, 15) is 13.2 Å². The Bertz CT molecular complexity index is 802. The molecule has 2 aromatic carbocycles. The van der Waals surface area contributed by atoms with Gasteiger partial charge in [0.15, 0.2) is 0 Å². The maximum atomic E-state index is 12.7. The summed E-state index contributed by atoms with van der Waals surface area (Å²) in [7, 11) is -3.57. The smallest absolute Gasteiger partial charge is 0.258 e. The Morgan fingerprint density at radius 1 is 1.04 bits per heavy atom. The molecule has 2 aromatic rings. The normalized spacial score (nSPS) is 12.6. The number of hydrogen-bond donors (Lipinski definition) is 1. The Balaban J connectivity index is 2.23. The molecule has 0 fully saturated rings. The topological polar surface area (TPSA) is 66.5 Å². The molecule has 0 saturated heterocycles. The first-order valence-electron chi connectivity index (χ1n) is 8.38. The summed E-state index contributed by atoms with van der Waals surface area (Å²) in [6.45, 7) is 6.16. The van der Waals surface area contributed by atoms with Crippen LogP contribution in [-0.2, 0) is 10.0 Å². The van der Waals surface area contributed by atoms with Crippen LogP contribution in [0.1, 0.15) is 37.6 Å². The number of rotatable bonds is 7. The molecule has 0 heterocycles. The van der Waals surface area contributed by atoms with Gasteiger partial charge in [0, 0.05) is 23.8 Å². The first kappa shape index (κ1) is 19.1. The van der Waals surface area contributed by atoms with E-state index < -0.39 is 10.0 Å². The van der Waals surface area contributed by atoms with Crippen LogP contribution in [0.2, 0.25) is 0 Å². The number of anilines is 1. The number of amides is 1. The second-order valence-corrected chi connectivity index (χ2v) is 7.55. The lowest BCUT2D eigenvalue weighted by atomic mass is 10.2. The molecule has 0 bridgehead atoms. The highest BCUT2D eigenvalue weighted by atomic mass is 32.2. The van der Waals surface area contributed by atoms with E-state index in [1.165, 1.54) is 12.1 Å². The first-order chi connectivity index (χ1) is 11.9. The second kappa shape index (κ2) is 8.27. The Morgan fingerprint density at radius 2 is 1.64 bits per heavy atom. The zero-order valence-electron chi connectivity index (χ0n) is 14.8. The van der Waals surface area contributed by atoms with Gasteiger partial charge in [-0.1, -0.05) is 25.1 Å². The Hall–Kier alpha value is -2.18. The molecule has 5 nitrogen and oxygen atoms in total. The number of carbonyl (C=O) groups excluding carboxylic acids is 1. The SMILES string of the molecule is CCC(C)NS(=O)(=O)c1ccc(C(=O)N(CC)c2ccccc2)cc1. The summed E-state index contributed by atoms with van der Waals surface area (Å²) in [5, 5.41) is 0. The van der Waals surface area contributed by atoms with Gasteiger partial charge in [-0.2, -0.15) is 0 Å². The van der Waals surface area contributed by atoms with Gasteiger partial charge in [0.05, 0.1) is 4.90 Å². The van der Waals surface area contributed by atoms with Crippen molar-refractivity contribution in [3.63, 3.8) is 0 Å². The fourth-order valence-electron chi connectivity index (χ4n) is 2.40. The summed E-state index contributed by atoms with van der Waals surface area (Å²) >= 11 is 0. The van der Waals surface area contributed by atoms with Crippen molar-refractivity contribution in [2.45, 2.75) is 38.1 Å². The van der Waals surface area contributed by atoms with Gasteiger partial charge in [0.25, 0.3) is 5.91 Å². The van der Waals surface area contributed by atoms with Crippen molar-refractivity contribution in [3.05, 3.63) is 60.2 Å². The van der Waals surface area contributed by atoms with E-state index in [-0.39, 0.29) is 16.8 Å². The zero-order valence-corrected chi connectivity index (χ0v) is 15.6. The number of para-hydroxylation sites is 1. The quantitative estimate of drug-likeness (QED) is 0.822. The highest BCUT2D eigenvalue weighted by Crippen LogP contribution is 2.18. The van der Waals surface area contributed by atoms with Crippen LogP contribution in [-0.4, -0.2) is 26.9 Å². The molecule has 0 radical (unpaired) electrons. The predicted octanol–water partition coefficient (Wildman–Crippen LogP) is 3.43. The zero-order chi connectivity index (χ0) is 18.4. The lowest BCUT2D eigenvalue weighted by Crippen LogP contribution is -2.32. The molecule has 6 heteroatoms. The van der Waals surface area contributed by atoms with Crippen LogP contribution in [0.25, 0.3) is 0 Å². The molecule has 0 spiro atoms. The van der Waals surface area contributed by atoms with E-state index in [4.69, 9.17) is 0 Å². The standard InChI is InChI=1S/C19H24N2O3S/c1-4-15(3)20-25(23,24)18-13-11-16(12-14-18)19(22)21(5-2)17-9-7-6-8-10-17/h6-15,20H,4-5H2,1-3H3. The van der Waals surface area contributed by atoms with Crippen LogP contribution < -0.4 is 9.62 Å². The van der Waals surface area contributed by atoms with Crippen molar-refractivity contribution in [1.82, 2.24) is 4.72 Å². The summed E-state index contributed by atoms with van der Waals surface area (Å²) in [4.78, 5) is 14.5. The highest BCUT2D eigenvalue weighted by Gasteiger charge is 2.19. The molecular formula is C19H24N2O3S. The highest BCUT2D eigenvalue weighted by molar-refractivity contribution is 7.89. The van der Waals surface area contributed by atoms with E-state index in [2.05, 4.69) is 4.72 Å². The van der Waals surface area contributed by atoms with Crippen molar-refractivity contribution in [3.8, 4) is 0 Å². The molecule has 0 aromatic heterocycles. The summed E-state index contributed by atoms with van der Waals surface area (Å²) < 4.78 is 27.2. The van der Waals surface area contributed by atoms with Crippen molar-refractivity contribution in [2.75, 3.05) is 11.4 Å². The largest absolute Gasteiger partial charge is 0.309 e. The van der Waals surface area contributed by atoms with Crippen LogP contribution in [0, 0.1) is 0 Å².